The molecule has 0 saturated heterocycles. The van der Waals surface area contributed by atoms with Crippen LogP contribution in [0.25, 0.3) is 0 Å². The molecule has 0 aliphatic rings. The minimum Gasteiger partial charge on any atom is -0.444 e. The van der Waals surface area contributed by atoms with E-state index in [1.54, 1.807) is 39.0 Å². The number of benzene rings is 1. The predicted molar refractivity (Wildman–Crippen MR) is 75.3 cm³/mol. The zero-order valence-corrected chi connectivity index (χ0v) is 12.0. The number of aliphatic hydroxyl groups is 1. The van der Waals surface area contributed by atoms with E-state index >= 15 is 0 Å². The monoisotopic (exact) mass is 286 g/mol. The van der Waals surface area contributed by atoms with Gasteiger partial charge < -0.3 is 15.6 Å². The second-order valence-electron chi connectivity index (χ2n) is 5.15. The van der Waals surface area contributed by atoms with Gasteiger partial charge in [-0.1, -0.05) is 11.6 Å². The van der Waals surface area contributed by atoms with E-state index in [2.05, 4.69) is 5.32 Å². The van der Waals surface area contributed by atoms with Gasteiger partial charge in [0.15, 0.2) is 0 Å². The third-order valence-electron chi connectivity index (χ3n) is 2.25. The second-order valence-corrected chi connectivity index (χ2v) is 5.58. The summed E-state index contributed by atoms with van der Waals surface area (Å²) in [7, 11) is 0. The molecule has 0 aromatic heterocycles. The number of anilines is 1. The summed E-state index contributed by atoms with van der Waals surface area (Å²) in [6.07, 6.45) is -0.582. The second kappa shape index (κ2) is 6.23. The highest BCUT2D eigenvalue weighted by Crippen LogP contribution is 2.25. The Kier molecular flexibility index (Phi) is 5.17. The number of rotatable bonds is 3. The van der Waals surface area contributed by atoms with E-state index in [9.17, 15) is 4.79 Å². The quantitative estimate of drug-likeness (QED) is 0.797. The minimum absolute atomic E-state index is 0.247. The third kappa shape index (κ3) is 5.06. The van der Waals surface area contributed by atoms with Gasteiger partial charge in [-0.05, 0) is 44.5 Å². The highest BCUT2D eigenvalue weighted by atomic mass is 35.5. The molecule has 1 unspecified atom stereocenters. The largest absolute Gasteiger partial charge is 0.444 e. The van der Waals surface area contributed by atoms with Crippen LogP contribution in [0.5, 0.6) is 0 Å². The number of carbonyl (C=O) groups is 1. The van der Waals surface area contributed by atoms with Crippen molar-refractivity contribution in [2.75, 3.05) is 11.9 Å². The van der Waals surface area contributed by atoms with Crippen molar-refractivity contribution < 1.29 is 14.6 Å². The smallest absolute Gasteiger partial charge is 0.412 e. The van der Waals surface area contributed by atoms with Crippen LogP contribution >= 0.6 is 11.6 Å². The maximum Gasteiger partial charge on any atom is 0.412 e. The molecule has 0 radical (unpaired) electrons. The van der Waals surface area contributed by atoms with E-state index in [1.807, 2.05) is 0 Å². The Balaban J connectivity index is 2.91. The van der Waals surface area contributed by atoms with Crippen molar-refractivity contribution in [3.05, 3.63) is 28.8 Å². The van der Waals surface area contributed by atoms with E-state index in [0.717, 1.165) is 0 Å². The molecule has 19 heavy (non-hydrogen) atoms. The Hall–Kier alpha value is -1.30. The lowest BCUT2D eigenvalue weighted by Gasteiger charge is -2.21. The van der Waals surface area contributed by atoms with Crippen LogP contribution in [-0.2, 0) is 4.74 Å². The summed E-state index contributed by atoms with van der Waals surface area (Å²) in [6, 6.07) is 4.23. The van der Waals surface area contributed by atoms with E-state index in [-0.39, 0.29) is 6.61 Å². The molecule has 0 aliphatic heterocycles. The molecule has 0 aliphatic carbocycles. The first-order valence-corrected chi connectivity index (χ1v) is 6.26. The first kappa shape index (κ1) is 15.8. The van der Waals surface area contributed by atoms with Crippen LogP contribution in [0.15, 0.2) is 18.2 Å². The molecule has 0 saturated carbocycles. The zero-order valence-electron chi connectivity index (χ0n) is 11.2. The van der Waals surface area contributed by atoms with Gasteiger partial charge in [0.25, 0.3) is 0 Å². The molecule has 106 valence electrons. The normalized spacial score (nSPS) is 12.9. The maximum atomic E-state index is 11.7. The lowest BCUT2D eigenvalue weighted by atomic mass is 10.1. The van der Waals surface area contributed by atoms with Gasteiger partial charge >= 0.3 is 6.09 Å². The molecule has 1 rings (SSSR count). The fourth-order valence-corrected chi connectivity index (χ4v) is 1.65. The highest BCUT2D eigenvalue weighted by molar-refractivity contribution is 6.30. The lowest BCUT2D eigenvalue weighted by Crippen LogP contribution is -2.28. The van der Waals surface area contributed by atoms with Gasteiger partial charge in [0.05, 0.1) is 12.6 Å². The average molecular weight is 287 g/mol. The fourth-order valence-electron chi connectivity index (χ4n) is 1.47. The van der Waals surface area contributed by atoms with Crippen LogP contribution in [0.3, 0.4) is 0 Å². The first-order chi connectivity index (χ1) is 8.73. The summed E-state index contributed by atoms with van der Waals surface area (Å²) in [4.78, 5) is 11.7. The molecule has 1 amide bonds. The molecular formula is C13H19ClN2O3. The van der Waals surface area contributed by atoms with Crippen LogP contribution in [-0.4, -0.2) is 23.4 Å². The number of carbonyl (C=O) groups excluding carboxylic acids is 1. The van der Waals surface area contributed by atoms with Crippen molar-refractivity contribution in [2.24, 2.45) is 5.73 Å². The van der Waals surface area contributed by atoms with E-state index in [1.165, 1.54) is 0 Å². The lowest BCUT2D eigenvalue weighted by molar-refractivity contribution is 0.0635. The summed E-state index contributed by atoms with van der Waals surface area (Å²) >= 11 is 5.88. The molecule has 6 heteroatoms. The van der Waals surface area contributed by atoms with Crippen molar-refractivity contribution in [1.29, 1.82) is 0 Å². The molecule has 1 aromatic rings. The Morgan fingerprint density at radius 3 is 2.68 bits per heavy atom. The number of halogens is 1. The van der Waals surface area contributed by atoms with Gasteiger partial charge in [0.2, 0.25) is 0 Å². The third-order valence-corrected chi connectivity index (χ3v) is 2.48. The maximum absolute atomic E-state index is 11.7. The van der Waals surface area contributed by atoms with Gasteiger partial charge in [-0.15, -0.1) is 0 Å². The molecule has 4 N–H and O–H groups in total. The molecule has 0 bridgehead atoms. The number of aliphatic hydroxyl groups excluding tert-OH is 1. The first-order valence-electron chi connectivity index (χ1n) is 5.89. The van der Waals surface area contributed by atoms with Gasteiger partial charge in [0.1, 0.15) is 5.60 Å². The number of hydrogen-bond donors (Lipinski definition) is 3. The number of hydrogen-bond acceptors (Lipinski definition) is 4. The molecule has 1 atom stereocenters. The molecule has 1 aromatic carbocycles. The molecule has 0 heterocycles. The van der Waals surface area contributed by atoms with Crippen LogP contribution in [0.2, 0.25) is 5.02 Å². The highest BCUT2D eigenvalue weighted by Gasteiger charge is 2.18. The van der Waals surface area contributed by atoms with Crippen molar-refractivity contribution in [2.45, 2.75) is 32.4 Å². The van der Waals surface area contributed by atoms with Crippen LogP contribution < -0.4 is 11.1 Å². The number of amides is 1. The number of nitrogens with one attached hydrogen (secondary N) is 1. The summed E-state index contributed by atoms with van der Waals surface area (Å²) in [5.74, 6) is 0. The van der Waals surface area contributed by atoms with Crippen molar-refractivity contribution in [3.63, 3.8) is 0 Å². The van der Waals surface area contributed by atoms with Crippen LogP contribution in [0, 0.1) is 0 Å². The SMILES string of the molecule is CC(C)(C)OC(=O)Nc1ccc(Cl)cc1C(N)CO. The van der Waals surface area contributed by atoms with Crippen LogP contribution in [0.4, 0.5) is 10.5 Å². The van der Waals surface area contributed by atoms with E-state index in [0.29, 0.717) is 16.3 Å². The van der Waals surface area contributed by atoms with Gasteiger partial charge in [-0.3, -0.25) is 5.32 Å². The predicted octanol–water partition coefficient (Wildman–Crippen LogP) is 2.68. The topological polar surface area (TPSA) is 84.6 Å². The number of ether oxygens (including phenoxy) is 1. The fraction of sp³-hybridized carbons (Fsp3) is 0.462. The van der Waals surface area contributed by atoms with Crippen molar-refractivity contribution >= 4 is 23.4 Å². The number of nitrogens with two attached hydrogens (primary N) is 1. The molecule has 0 fully saturated rings. The Morgan fingerprint density at radius 2 is 2.16 bits per heavy atom. The standard InChI is InChI=1S/C13H19ClN2O3/c1-13(2,3)19-12(18)16-11-5-4-8(14)6-9(11)10(15)7-17/h4-6,10,17H,7,15H2,1-3H3,(H,16,18). The average Bonchev–Trinajstić information content (AvgIpc) is 2.28. The van der Waals surface area contributed by atoms with Crippen molar-refractivity contribution in [1.82, 2.24) is 0 Å². The van der Waals surface area contributed by atoms with Gasteiger partial charge in [-0.25, -0.2) is 4.79 Å². The Bertz CT molecular complexity index is 458. The van der Waals surface area contributed by atoms with E-state index < -0.39 is 17.7 Å². The Labute approximate surface area is 117 Å². The summed E-state index contributed by atoms with van der Waals surface area (Å²) in [5, 5.41) is 12.2. The summed E-state index contributed by atoms with van der Waals surface area (Å²) < 4.78 is 5.15. The summed E-state index contributed by atoms with van der Waals surface area (Å²) in [5.41, 5.74) is 6.21. The van der Waals surface area contributed by atoms with Crippen LogP contribution in [0.1, 0.15) is 32.4 Å². The molecular weight excluding hydrogens is 268 g/mol. The van der Waals surface area contributed by atoms with E-state index in [4.69, 9.17) is 27.2 Å². The molecule has 0 spiro atoms. The summed E-state index contributed by atoms with van der Waals surface area (Å²) in [6.45, 7) is 5.07. The van der Waals surface area contributed by atoms with Crippen molar-refractivity contribution in [3.8, 4) is 0 Å². The Morgan fingerprint density at radius 1 is 1.53 bits per heavy atom. The molecule has 5 nitrogen and oxygen atoms in total. The zero-order chi connectivity index (χ0) is 14.6. The van der Waals surface area contributed by atoms with Gasteiger partial charge in [-0.2, -0.15) is 0 Å². The minimum atomic E-state index is -0.622. The van der Waals surface area contributed by atoms with Gasteiger partial charge in [0, 0.05) is 10.7 Å².